The van der Waals surface area contributed by atoms with Crippen LogP contribution in [0.3, 0.4) is 0 Å². The lowest BCUT2D eigenvalue weighted by atomic mass is 10.2. The third-order valence-electron chi connectivity index (χ3n) is 2.78. The van der Waals surface area contributed by atoms with Crippen molar-refractivity contribution in [2.75, 3.05) is 5.32 Å². The fourth-order valence-corrected chi connectivity index (χ4v) is 2.25. The molecule has 0 atom stereocenters. The van der Waals surface area contributed by atoms with Crippen LogP contribution in [0.15, 0.2) is 48.1 Å². The number of hydrogen-bond acceptors (Lipinski definition) is 5. The Hall–Kier alpha value is -2.47. The summed E-state index contributed by atoms with van der Waals surface area (Å²) >= 11 is 1.48. The highest BCUT2D eigenvalue weighted by atomic mass is 32.1. The largest absolute Gasteiger partial charge is 0.457 e. The molecule has 6 heteroatoms. The highest BCUT2D eigenvalue weighted by molar-refractivity contribution is 7.13. The summed E-state index contributed by atoms with van der Waals surface area (Å²) in [5.74, 6) is 1.36. The van der Waals surface area contributed by atoms with E-state index in [1.165, 1.54) is 17.4 Å². The molecule has 0 aliphatic heterocycles. The second-order valence-corrected chi connectivity index (χ2v) is 5.25. The molecule has 0 bridgehead atoms. The molecule has 0 saturated heterocycles. The third kappa shape index (κ3) is 3.35. The molecule has 3 rings (SSSR count). The number of rotatable bonds is 4. The van der Waals surface area contributed by atoms with Crippen molar-refractivity contribution in [2.24, 2.45) is 0 Å². The van der Waals surface area contributed by atoms with Crippen LogP contribution < -0.4 is 10.1 Å². The Balaban J connectivity index is 1.77. The SMILES string of the molecule is Cc1ccc(Oc2ccnc(Nc3nccs3)c2)cc1F. The Kier molecular flexibility index (Phi) is 3.79. The van der Waals surface area contributed by atoms with Crippen LogP contribution in [-0.4, -0.2) is 9.97 Å². The first kappa shape index (κ1) is 13.5. The summed E-state index contributed by atoms with van der Waals surface area (Å²) in [6.07, 6.45) is 3.33. The number of aryl methyl sites for hydroxylation is 1. The first-order chi connectivity index (χ1) is 10.2. The van der Waals surface area contributed by atoms with Gasteiger partial charge in [0.05, 0.1) is 0 Å². The van der Waals surface area contributed by atoms with Crippen molar-refractivity contribution in [3.05, 3.63) is 59.5 Å². The third-order valence-corrected chi connectivity index (χ3v) is 3.47. The lowest BCUT2D eigenvalue weighted by Crippen LogP contribution is -1.93. The van der Waals surface area contributed by atoms with Gasteiger partial charge < -0.3 is 10.1 Å². The number of hydrogen-bond donors (Lipinski definition) is 1. The molecule has 0 saturated carbocycles. The lowest BCUT2D eigenvalue weighted by Gasteiger charge is -2.08. The smallest absolute Gasteiger partial charge is 0.188 e. The quantitative estimate of drug-likeness (QED) is 0.769. The van der Waals surface area contributed by atoms with Gasteiger partial charge in [0, 0.05) is 29.9 Å². The van der Waals surface area contributed by atoms with E-state index in [0.29, 0.717) is 22.9 Å². The summed E-state index contributed by atoms with van der Waals surface area (Å²) in [5.41, 5.74) is 0.586. The monoisotopic (exact) mass is 301 g/mol. The number of nitrogens with one attached hydrogen (secondary N) is 1. The Morgan fingerprint density at radius 2 is 1.95 bits per heavy atom. The maximum Gasteiger partial charge on any atom is 0.188 e. The van der Waals surface area contributed by atoms with E-state index in [-0.39, 0.29) is 5.82 Å². The first-order valence-corrected chi connectivity index (χ1v) is 7.15. The number of aromatic nitrogens is 2. The van der Waals surface area contributed by atoms with E-state index in [4.69, 9.17) is 4.74 Å². The summed E-state index contributed by atoms with van der Waals surface area (Å²) in [6, 6.07) is 8.22. The van der Waals surface area contributed by atoms with Gasteiger partial charge in [-0.3, -0.25) is 0 Å². The van der Waals surface area contributed by atoms with Crippen LogP contribution >= 0.6 is 11.3 Å². The second-order valence-electron chi connectivity index (χ2n) is 4.35. The number of pyridine rings is 1. The summed E-state index contributed by atoms with van der Waals surface area (Å²) in [5, 5.41) is 5.70. The zero-order valence-electron chi connectivity index (χ0n) is 11.2. The Morgan fingerprint density at radius 1 is 1.10 bits per heavy atom. The zero-order chi connectivity index (χ0) is 14.7. The Morgan fingerprint density at radius 3 is 2.71 bits per heavy atom. The van der Waals surface area contributed by atoms with E-state index in [2.05, 4.69) is 15.3 Å². The predicted molar refractivity (Wildman–Crippen MR) is 80.8 cm³/mol. The number of halogens is 1. The van der Waals surface area contributed by atoms with E-state index < -0.39 is 0 Å². The fourth-order valence-electron chi connectivity index (χ4n) is 1.71. The number of thiazole rings is 1. The molecule has 2 aromatic heterocycles. The van der Waals surface area contributed by atoms with Crippen molar-refractivity contribution in [1.29, 1.82) is 0 Å². The maximum absolute atomic E-state index is 13.5. The van der Waals surface area contributed by atoms with Crippen LogP contribution in [0.5, 0.6) is 11.5 Å². The maximum atomic E-state index is 13.5. The van der Waals surface area contributed by atoms with Crippen LogP contribution in [0, 0.1) is 12.7 Å². The van der Waals surface area contributed by atoms with Crippen LogP contribution in [0.2, 0.25) is 0 Å². The van der Waals surface area contributed by atoms with Crippen LogP contribution in [-0.2, 0) is 0 Å². The number of anilines is 2. The number of ether oxygens (including phenoxy) is 1. The normalized spacial score (nSPS) is 10.4. The minimum atomic E-state index is -0.289. The van der Waals surface area contributed by atoms with Gasteiger partial charge in [-0.25, -0.2) is 14.4 Å². The van der Waals surface area contributed by atoms with Crippen molar-refractivity contribution >= 4 is 22.3 Å². The lowest BCUT2D eigenvalue weighted by molar-refractivity contribution is 0.475. The van der Waals surface area contributed by atoms with Gasteiger partial charge in [0.25, 0.3) is 0 Å². The standard InChI is InChI=1S/C15H12FN3OS/c1-10-2-3-11(8-13(10)16)20-12-4-5-17-14(9-12)19-15-18-6-7-21-15/h2-9H,1H3,(H,17,18,19). The molecule has 0 unspecified atom stereocenters. The van der Waals surface area contributed by atoms with Gasteiger partial charge >= 0.3 is 0 Å². The van der Waals surface area contributed by atoms with E-state index in [0.717, 1.165) is 5.13 Å². The van der Waals surface area contributed by atoms with Crippen molar-refractivity contribution in [3.8, 4) is 11.5 Å². The molecule has 0 radical (unpaired) electrons. The van der Waals surface area contributed by atoms with Gasteiger partial charge in [0.15, 0.2) is 5.13 Å². The summed E-state index contributed by atoms with van der Waals surface area (Å²) in [7, 11) is 0. The van der Waals surface area contributed by atoms with Crippen molar-refractivity contribution in [3.63, 3.8) is 0 Å². The highest BCUT2D eigenvalue weighted by Gasteiger charge is 2.04. The van der Waals surface area contributed by atoms with Gasteiger partial charge in [-0.05, 0) is 24.6 Å². The predicted octanol–water partition coefficient (Wildman–Crippen LogP) is 4.52. The van der Waals surface area contributed by atoms with E-state index in [1.807, 2.05) is 5.38 Å². The molecular formula is C15H12FN3OS. The molecule has 2 heterocycles. The zero-order valence-corrected chi connectivity index (χ0v) is 12.0. The van der Waals surface area contributed by atoms with Crippen molar-refractivity contribution in [1.82, 2.24) is 9.97 Å². The molecule has 0 fully saturated rings. The molecule has 0 aliphatic rings. The van der Waals surface area contributed by atoms with Crippen molar-refractivity contribution < 1.29 is 9.13 Å². The van der Waals surface area contributed by atoms with Gasteiger partial charge in [-0.2, -0.15) is 0 Å². The minimum absolute atomic E-state index is 0.289. The summed E-state index contributed by atoms with van der Waals surface area (Å²) < 4.78 is 19.1. The molecule has 0 aliphatic carbocycles. The van der Waals surface area contributed by atoms with Gasteiger partial charge in [-0.15, -0.1) is 11.3 Å². The van der Waals surface area contributed by atoms with Crippen molar-refractivity contribution in [2.45, 2.75) is 6.92 Å². The molecule has 4 nitrogen and oxygen atoms in total. The Labute approximate surface area is 125 Å². The molecule has 3 aromatic rings. The molecule has 1 N–H and O–H groups in total. The van der Waals surface area contributed by atoms with E-state index in [9.17, 15) is 4.39 Å². The fraction of sp³-hybridized carbons (Fsp3) is 0.0667. The molecule has 1 aromatic carbocycles. The first-order valence-electron chi connectivity index (χ1n) is 6.27. The molecular weight excluding hydrogens is 289 g/mol. The Bertz CT molecular complexity index is 746. The van der Waals surface area contributed by atoms with E-state index >= 15 is 0 Å². The molecule has 0 amide bonds. The van der Waals surface area contributed by atoms with Gasteiger partial charge in [0.1, 0.15) is 23.1 Å². The topological polar surface area (TPSA) is 47.0 Å². The average molecular weight is 301 g/mol. The highest BCUT2D eigenvalue weighted by Crippen LogP contribution is 2.26. The van der Waals surface area contributed by atoms with Crippen LogP contribution in [0.25, 0.3) is 0 Å². The molecule has 21 heavy (non-hydrogen) atoms. The average Bonchev–Trinajstić information content (AvgIpc) is 2.96. The minimum Gasteiger partial charge on any atom is -0.457 e. The van der Waals surface area contributed by atoms with Crippen LogP contribution in [0.1, 0.15) is 5.56 Å². The van der Waals surface area contributed by atoms with Gasteiger partial charge in [-0.1, -0.05) is 6.07 Å². The van der Waals surface area contributed by atoms with E-state index in [1.54, 1.807) is 43.6 Å². The summed E-state index contributed by atoms with van der Waals surface area (Å²) in [4.78, 5) is 8.31. The van der Waals surface area contributed by atoms with Gasteiger partial charge in [0.2, 0.25) is 0 Å². The second kappa shape index (κ2) is 5.88. The summed E-state index contributed by atoms with van der Waals surface area (Å²) in [6.45, 7) is 1.71. The molecule has 106 valence electrons. The number of benzene rings is 1. The number of nitrogens with zero attached hydrogens (tertiary/aromatic N) is 2. The molecule has 0 spiro atoms. The van der Waals surface area contributed by atoms with Crippen LogP contribution in [0.4, 0.5) is 15.3 Å².